The van der Waals surface area contributed by atoms with E-state index in [2.05, 4.69) is 4.74 Å². The van der Waals surface area contributed by atoms with Crippen LogP contribution in [0.4, 0.5) is 0 Å². The minimum atomic E-state index is -0.920. The molecule has 0 saturated carbocycles. The lowest BCUT2D eigenvalue weighted by atomic mass is 10.2. The molecule has 0 aliphatic carbocycles. The van der Waals surface area contributed by atoms with E-state index in [1.807, 2.05) is 101 Å². The molecule has 0 aliphatic rings. The second kappa shape index (κ2) is 19.0. The summed E-state index contributed by atoms with van der Waals surface area (Å²) in [5, 5.41) is 8.83. The van der Waals surface area contributed by atoms with E-state index in [1.54, 1.807) is 38.2 Å². The largest absolute Gasteiger partial charge is 0.478 e. The summed E-state index contributed by atoms with van der Waals surface area (Å²) in [5.74, 6) is -2.19. The normalized spacial score (nSPS) is 15.2. The molecule has 0 fully saturated rings. The molecule has 5 heteroatoms. The van der Waals surface area contributed by atoms with E-state index in [9.17, 15) is 14.4 Å². The Morgan fingerprint density at radius 3 is 1.16 bits per heavy atom. The zero-order valence-corrected chi connectivity index (χ0v) is 22.8. The molecule has 0 aliphatic heterocycles. The molecule has 0 aromatic rings. The maximum absolute atomic E-state index is 11.5. The number of carbonyl (C=O) groups is 3. The Hall–Kier alpha value is -4.25. The van der Waals surface area contributed by atoms with Crippen molar-refractivity contribution in [3.8, 4) is 0 Å². The van der Waals surface area contributed by atoms with Crippen LogP contribution in [0.2, 0.25) is 0 Å². The van der Waals surface area contributed by atoms with E-state index in [-0.39, 0.29) is 0 Å². The zero-order valence-electron chi connectivity index (χ0n) is 22.8. The number of carbonyl (C=O) groups excluding carboxylic acids is 2. The molecule has 37 heavy (non-hydrogen) atoms. The Kier molecular flexibility index (Phi) is 16.8. The van der Waals surface area contributed by atoms with Gasteiger partial charge >= 0.3 is 17.9 Å². The van der Waals surface area contributed by atoms with Gasteiger partial charge in [0.2, 0.25) is 0 Å². The summed E-state index contributed by atoms with van der Waals surface area (Å²) in [6, 6.07) is 0. The predicted molar refractivity (Wildman–Crippen MR) is 153 cm³/mol. The third-order valence-electron chi connectivity index (χ3n) is 4.57. The van der Waals surface area contributed by atoms with E-state index in [4.69, 9.17) is 5.11 Å². The van der Waals surface area contributed by atoms with Crippen molar-refractivity contribution in [1.29, 1.82) is 0 Å². The van der Waals surface area contributed by atoms with Gasteiger partial charge in [-0.05, 0) is 41.5 Å². The van der Waals surface area contributed by atoms with E-state index in [1.165, 1.54) is 6.92 Å². The van der Waals surface area contributed by atoms with Gasteiger partial charge in [-0.2, -0.15) is 0 Å². The summed E-state index contributed by atoms with van der Waals surface area (Å²) in [5.41, 5.74) is 4.84. The minimum absolute atomic E-state index is 0.294. The number of rotatable bonds is 12. The molecular weight excluding hydrogens is 464 g/mol. The molecule has 0 aromatic carbocycles. The van der Waals surface area contributed by atoms with Crippen LogP contribution in [0.25, 0.3) is 0 Å². The van der Waals surface area contributed by atoms with Crippen molar-refractivity contribution < 1.29 is 24.2 Å². The van der Waals surface area contributed by atoms with Gasteiger partial charge in [0.15, 0.2) is 0 Å². The second-order valence-corrected chi connectivity index (χ2v) is 8.35. The van der Waals surface area contributed by atoms with E-state index in [0.29, 0.717) is 11.1 Å². The Morgan fingerprint density at radius 1 is 0.486 bits per heavy atom. The maximum Gasteiger partial charge on any atom is 0.341 e. The van der Waals surface area contributed by atoms with Crippen molar-refractivity contribution in [2.75, 3.05) is 0 Å². The topological polar surface area (TPSA) is 80.7 Å². The van der Waals surface area contributed by atoms with Crippen LogP contribution in [0, 0.1) is 0 Å². The van der Waals surface area contributed by atoms with Crippen molar-refractivity contribution >= 4 is 17.9 Å². The van der Waals surface area contributed by atoms with Crippen LogP contribution >= 0.6 is 0 Å². The average molecular weight is 503 g/mol. The zero-order chi connectivity index (χ0) is 28.2. The quantitative estimate of drug-likeness (QED) is 0.128. The van der Waals surface area contributed by atoms with Crippen LogP contribution in [0.1, 0.15) is 48.5 Å². The second-order valence-electron chi connectivity index (χ2n) is 8.35. The number of hydrogen-bond donors (Lipinski definition) is 1. The number of carboxylic acid groups (broad SMARTS) is 1. The first-order valence-corrected chi connectivity index (χ1v) is 11.8. The number of aliphatic carboxylic acids is 1. The van der Waals surface area contributed by atoms with Gasteiger partial charge in [0.1, 0.15) is 0 Å². The highest BCUT2D eigenvalue weighted by atomic mass is 16.6. The summed E-state index contributed by atoms with van der Waals surface area (Å²) < 4.78 is 4.52. The summed E-state index contributed by atoms with van der Waals surface area (Å²) in [6.07, 6.45) is 30.1. The molecule has 0 radical (unpaired) electrons. The fourth-order valence-electron chi connectivity index (χ4n) is 2.38. The molecule has 0 heterocycles. The van der Waals surface area contributed by atoms with Gasteiger partial charge in [0.05, 0.1) is 0 Å². The van der Waals surface area contributed by atoms with Gasteiger partial charge < -0.3 is 9.84 Å². The summed E-state index contributed by atoms with van der Waals surface area (Å²) in [7, 11) is 0. The lowest BCUT2D eigenvalue weighted by Crippen LogP contribution is -2.09. The van der Waals surface area contributed by atoms with E-state index >= 15 is 0 Å². The molecule has 0 amide bonds. The highest BCUT2D eigenvalue weighted by Crippen LogP contribution is 2.04. The standard InChI is InChI=1S/C32H38O5/c1-24(16-10-18-26(3)20-12-22-28(5)31(34)35)14-8-9-15-25(2)17-11-19-27(4)21-13-23-29(6)32(36)37-30(7)33/h8-23H,1-7H3,(H,34,35). The van der Waals surface area contributed by atoms with Crippen LogP contribution in [-0.2, 0) is 19.1 Å². The van der Waals surface area contributed by atoms with Gasteiger partial charge in [0, 0.05) is 18.1 Å². The van der Waals surface area contributed by atoms with E-state index in [0.717, 1.165) is 22.3 Å². The summed E-state index contributed by atoms with van der Waals surface area (Å²) in [4.78, 5) is 33.1. The van der Waals surface area contributed by atoms with Gasteiger partial charge in [-0.3, -0.25) is 4.79 Å². The average Bonchev–Trinajstić information content (AvgIpc) is 2.81. The number of hydrogen-bond acceptors (Lipinski definition) is 4. The Morgan fingerprint density at radius 2 is 0.811 bits per heavy atom. The molecule has 5 nitrogen and oxygen atoms in total. The number of allylic oxidation sites excluding steroid dienone is 20. The number of ether oxygens (including phenoxy) is 1. The third-order valence-corrected chi connectivity index (χ3v) is 4.57. The highest BCUT2D eigenvalue weighted by molar-refractivity contribution is 5.95. The van der Waals surface area contributed by atoms with Gasteiger partial charge in [0.25, 0.3) is 0 Å². The summed E-state index contributed by atoms with van der Waals surface area (Å²) in [6.45, 7) is 12.3. The van der Waals surface area contributed by atoms with Crippen LogP contribution < -0.4 is 0 Å². The third kappa shape index (κ3) is 18.7. The van der Waals surface area contributed by atoms with Gasteiger partial charge in [-0.25, -0.2) is 9.59 Å². The molecule has 1 N–H and O–H groups in total. The Labute approximate surface area is 221 Å². The van der Waals surface area contributed by atoms with Gasteiger partial charge in [-0.15, -0.1) is 0 Å². The predicted octanol–water partition coefficient (Wildman–Crippen LogP) is 7.62. The van der Waals surface area contributed by atoms with Crippen molar-refractivity contribution in [1.82, 2.24) is 0 Å². The molecule has 0 spiro atoms. The van der Waals surface area contributed by atoms with Crippen molar-refractivity contribution in [2.24, 2.45) is 0 Å². The molecule has 0 aromatic heterocycles. The SMILES string of the molecule is CC(=O)OC(=O)C(C)=CC=CC(C)=CC=CC(C)=CC=CC=C(C)C=CC=C(C)C=CC=C(C)C(=O)O. The minimum Gasteiger partial charge on any atom is -0.478 e. The lowest BCUT2D eigenvalue weighted by molar-refractivity contribution is -0.155. The van der Waals surface area contributed by atoms with Crippen LogP contribution in [0.5, 0.6) is 0 Å². The molecular formula is C32H38O5. The lowest BCUT2D eigenvalue weighted by Gasteiger charge is -1.97. The van der Waals surface area contributed by atoms with Crippen LogP contribution in [0.15, 0.2) is 131 Å². The first-order valence-electron chi connectivity index (χ1n) is 11.8. The molecule has 0 unspecified atom stereocenters. The highest BCUT2D eigenvalue weighted by Gasteiger charge is 2.06. The van der Waals surface area contributed by atoms with Crippen molar-refractivity contribution in [3.05, 3.63) is 131 Å². The van der Waals surface area contributed by atoms with Crippen LogP contribution in [-0.4, -0.2) is 23.0 Å². The van der Waals surface area contributed by atoms with Crippen LogP contribution in [0.3, 0.4) is 0 Å². The molecule has 196 valence electrons. The monoisotopic (exact) mass is 502 g/mol. The molecule has 0 rings (SSSR count). The first kappa shape index (κ1) is 32.8. The maximum atomic E-state index is 11.5. The molecule has 0 bridgehead atoms. The Bertz CT molecular complexity index is 1150. The number of esters is 2. The van der Waals surface area contributed by atoms with Crippen molar-refractivity contribution in [2.45, 2.75) is 48.5 Å². The fraction of sp³-hybridized carbons (Fsp3) is 0.219. The fourth-order valence-corrected chi connectivity index (χ4v) is 2.38. The van der Waals surface area contributed by atoms with Gasteiger partial charge in [-0.1, -0.05) is 120 Å². The van der Waals surface area contributed by atoms with Crippen molar-refractivity contribution in [3.63, 3.8) is 0 Å². The smallest absolute Gasteiger partial charge is 0.341 e. The number of carboxylic acids is 1. The van der Waals surface area contributed by atoms with E-state index < -0.39 is 17.9 Å². The Balaban J connectivity index is 4.82. The first-order chi connectivity index (χ1) is 17.4. The summed E-state index contributed by atoms with van der Waals surface area (Å²) >= 11 is 0. The molecule has 0 saturated heterocycles. The molecule has 0 atom stereocenters.